The van der Waals surface area contributed by atoms with Crippen LogP contribution in [-0.2, 0) is 13.1 Å². The molecule has 0 bridgehead atoms. The first-order chi connectivity index (χ1) is 13.7. The molecule has 144 valence electrons. The molecule has 0 unspecified atom stereocenters. The summed E-state index contributed by atoms with van der Waals surface area (Å²) in [7, 11) is 0. The average molecular weight is 379 g/mol. The summed E-state index contributed by atoms with van der Waals surface area (Å²) in [5, 5.41) is 7.97. The first kappa shape index (κ1) is 18.3. The number of piperazine rings is 1. The van der Waals surface area contributed by atoms with Crippen LogP contribution < -0.4 is 0 Å². The number of benzene rings is 2. The molecular formula is C21H22FN5O. The molecule has 0 N–H and O–H groups in total. The summed E-state index contributed by atoms with van der Waals surface area (Å²) in [5.74, 6) is -0.417. The molecule has 0 atom stereocenters. The molecule has 2 heterocycles. The molecule has 1 aliphatic heterocycles. The maximum atomic E-state index is 13.8. The first-order valence-electron chi connectivity index (χ1n) is 9.38. The lowest BCUT2D eigenvalue weighted by atomic mass is 10.2. The second-order valence-corrected chi connectivity index (χ2v) is 6.95. The van der Waals surface area contributed by atoms with Crippen molar-refractivity contribution >= 4 is 5.91 Å². The van der Waals surface area contributed by atoms with E-state index in [1.54, 1.807) is 29.3 Å². The largest absolute Gasteiger partial charge is 0.335 e. The Morgan fingerprint density at radius 2 is 1.64 bits per heavy atom. The maximum Gasteiger partial charge on any atom is 0.276 e. The number of carbonyl (C=O) groups excluding carboxylic acids is 1. The van der Waals surface area contributed by atoms with Gasteiger partial charge in [-0.05, 0) is 11.6 Å². The number of hydrogen-bond donors (Lipinski definition) is 0. The maximum absolute atomic E-state index is 13.8. The van der Waals surface area contributed by atoms with Crippen LogP contribution in [0.1, 0.15) is 21.6 Å². The summed E-state index contributed by atoms with van der Waals surface area (Å²) in [4.78, 5) is 16.9. The van der Waals surface area contributed by atoms with Gasteiger partial charge >= 0.3 is 0 Å². The topological polar surface area (TPSA) is 54.3 Å². The SMILES string of the molecule is O=C(c1cn(Cc2ccccc2F)nn1)N1CCN(Cc2ccccc2)CC1. The van der Waals surface area contributed by atoms with Crippen molar-refractivity contribution in [2.24, 2.45) is 0 Å². The van der Waals surface area contributed by atoms with Crippen molar-refractivity contribution in [1.82, 2.24) is 24.8 Å². The number of nitrogens with zero attached hydrogens (tertiary/aromatic N) is 5. The van der Waals surface area contributed by atoms with Crippen LogP contribution in [0.2, 0.25) is 0 Å². The lowest BCUT2D eigenvalue weighted by molar-refractivity contribution is 0.0622. The Kier molecular flexibility index (Phi) is 5.43. The number of amides is 1. The van der Waals surface area contributed by atoms with Gasteiger partial charge in [0.15, 0.2) is 5.69 Å². The normalized spacial score (nSPS) is 15.0. The third-order valence-electron chi connectivity index (χ3n) is 4.96. The van der Waals surface area contributed by atoms with Crippen LogP contribution in [-0.4, -0.2) is 56.9 Å². The molecule has 6 nitrogen and oxygen atoms in total. The molecule has 2 aromatic carbocycles. The van der Waals surface area contributed by atoms with E-state index in [0.29, 0.717) is 24.3 Å². The fourth-order valence-corrected chi connectivity index (χ4v) is 3.39. The Morgan fingerprint density at radius 3 is 2.39 bits per heavy atom. The molecule has 0 saturated carbocycles. The van der Waals surface area contributed by atoms with Crippen LogP contribution in [0.3, 0.4) is 0 Å². The van der Waals surface area contributed by atoms with Crippen molar-refractivity contribution in [3.05, 3.63) is 83.4 Å². The highest BCUT2D eigenvalue weighted by Crippen LogP contribution is 2.12. The minimum atomic E-state index is -0.291. The van der Waals surface area contributed by atoms with E-state index in [2.05, 4.69) is 27.3 Å². The molecule has 0 spiro atoms. The molecule has 3 aromatic rings. The van der Waals surface area contributed by atoms with Gasteiger partial charge in [0.05, 0.1) is 12.7 Å². The van der Waals surface area contributed by atoms with Crippen molar-refractivity contribution in [2.45, 2.75) is 13.1 Å². The number of aromatic nitrogens is 3. The molecule has 0 aliphatic carbocycles. The number of halogens is 1. The van der Waals surface area contributed by atoms with Crippen LogP contribution in [0.15, 0.2) is 60.8 Å². The molecule has 1 aromatic heterocycles. The first-order valence-corrected chi connectivity index (χ1v) is 9.38. The Hall–Kier alpha value is -3.06. The van der Waals surface area contributed by atoms with Gasteiger partial charge in [0, 0.05) is 38.3 Å². The Morgan fingerprint density at radius 1 is 0.929 bits per heavy atom. The van der Waals surface area contributed by atoms with Gasteiger partial charge < -0.3 is 4.90 Å². The molecule has 1 fully saturated rings. The highest BCUT2D eigenvalue weighted by atomic mass is 19.1. The van der Waals surface area contributed by atoms with Crippen LogP contribution >= 0.6 is 0 Å². The lowest BCUT2D eigenvalue weighted by Crippen LogP contribution is -2.48. The van der Waals surface area contributed by atoms with Gasteiger partial charge in [0.1, 0.15) is 5.82 Å². The van der Waals surface area contributed by atoms with Crippen LogP contribution in [0.5, 0.6) is 0 Å². The Balaban J connectivity index is 1.33. The van der Waals surface area contributed by atoms with Gasteiger partial charge in [-0.2, -0.15) is 0 Å². The number of rotatable bonds is 5. The summed E-state index contributed by atoms with van der Waals surface area (Å²) in [6.07, 6.45) is 1.59. The van der Waals surface area contributed by atoms with E-state index in [1.807, 2.05) is 18.2 Å². The van der Waals surface area contributed by atoms with Gasteiger partial charge in [-0.3, -0.25) is 9.69 Å². The highest BCUT2D eigenvalue weighted by Gasteiger charge is 2.24. The zero-order valence-electron chi connectivity index (χ0n) is 15.5. The van der Waals surface area contributed by atoms with Gasteiger partial charge in [-0.25, -0.2) is 9.07 Å². The average Bonchev–Trinajstić information content (AvgIpc) is 3.19. The molecular weight excluding hydrogens is 357 g/mol. The fraction of sp³-hybridized carbons (Fsp3) is 0.286. The predicted octanol–water partition coefficient (Wildman–Crippen LogP) is 2.42. The van der Waals surface area contributed by atoms with Crippen molar-refractivity contribution in [2.75, 3.05) is 26.2 Å². The van der Waals surface area contributed by atoms with Crippen molar-refractivity contribution < 1.29 is 9.18 Å². The summed E-state index contributed by atoms with van der Waals surface area (Å²) in [6, 6.07) is 16.9. The monoisotopic (exact) mass is 379 g/mol. The summed E-state index contributed by atoms with van der Waals surface area (Å²) in [5.41, 5.74) is 2.09. The summed E-state index contributed by atoms with van der Waals surface area (Å²) >= 11 is 0. The van der Waals surface area contributed by atoms with E-state index in [9.17, 15) is 9.18 Å². The Bertz CT molecular complexity index is 935. The quantitative estimate of drug-likeness (QED) is 0.683. The third kappa shape index (κ3) is 4.26. The van der Waals surface area contributed by atoms with Crippen molar-refractivity contribution in [1.29, 1.82) is 0 Å². The van der Waals surface area contributed by atoms with E-state index in [-0.39, 0.29) is 18.3 Å². The molecule has 7 heteroatoms. The number of hydrogen-bond acceptors (Lipinski definition) is 4. The van der Waals surface area contributed by atoms with Gasteiger partial charge in [0.25, 0.3) is 5.91 Å². The van der Waals surface area contributed by atoms with Crippen molar-refractivity contribution in [3.8, 4) is 0 Å². The van der Waals surface area contributed by atoms with E-state index >= 15 is 0 Å². The van der Waals surface area contributed by atoms with Gasteiger partial charge in [-0.15, -0.1) is 5.10 Å². The lowest BCUT2D eigenvalue weighted by Gasteiger charge is -2.34. The molecule has 28 heavy (non-hydrogen) atoms. The predicted molar refractivity (Wildman–Crippen MR) is 103 cm³/mol. The number of carbonyl (C=O) groups is 1. The van der Waals surface area contributed by atoms with E-state index in [1.165, 1.54) is 16.3 Å². The zero-order valence-corrected chi connectivity index (χ0v) is 15.5. The van der Waals surface area contributed by atoms with Gasteiger partial charge in [-0.1, -0.05) is 53.7 Å². The molecule has 4 rings (SSSR count). The highest BCUT2D eigenvalue weighted by molar-refractivity contribution is 5.92. The van der Waals surface area contributed by atoms with Gasteiger partial charge in [0.2, 0.25) is 0 Å². The molecule has 1 aliphatic rings. The molecule has 1 saturated heterocycles. The smallest absolute Gasteiger partial charge is 0.276 e. The summed E-state index contributed by atoms with van der Waals surface area (Å²) < 4.78 is 15.3. The second-order valence-electron chi connectivity index (χ2n) is 6.95. The van der Waals surface area contributed by atoms with E-state index in [0.717, 1.165) is 19.6 Å². The molecule has 0 radical (unpaired) electrons. The van der Waals surface area contributed by atoms with Crippen LogP contribution in [0.25, 0.3) is 0 Å². The van der Waals surface area contributed by atoms with Crippen LogP contribution in [0.4, 0.5) is 4.39 Å². The van der Waals surface area contributed by atoms with E-state index in [4.69, 9.17) is 0 Å². The minimum absolute atomic E-state index is 0.126. The zero-order chi connectivity index (χ0) is 19.3. The standard InChI is InChI=1S/C21H22FN5O/c22-19-9-5-4-8-18(19)15-27-16-20(23-24-27)21(28)26-12-10-25(11-13-26)14-17-6-2-1-3-7-17/h1-9,16H,10-15H2. The second kappa shape index (κ2) is 8.31. The minimum Gasteiger partial charge on any atom is -0.335 e. The third-order valence-corrected chi connectivity index (χ3v) is 4.96. The molecule has 1 amide bonds. The Labute approximate surface area is 163 Å². The van der Waals surface area contributed by atoms with Crippen LogP contribution in [0, 0.1) is 5.82 Å². The summed E-state index contributed by atoms with van der Waals surface area (Å²) in [6.45, 7) is 4.10. The fourth-order valence-electron chi connectivity index (χ4n) is 3.39. The van der Waals surface area contributed by atoms with Crippen molar-refractivity contribution in [3.63, 3.8) is 0 Å². The van der Waals surface area contributed by atoms with E-state index < -0.39 is 0 Å².